The quantitative estimate of drug-likeness (QED) is 0.753. The van der Waals surface area contributed by atoms with Crippen molar-refractivity contribution in [3.05, 3.63) is 36.2 Å². The van der Waals surface area contributed by atoms with E-state index in [1.807, 2.05) is 32.0 Å². The molecule has 1 aliphatic carbocycles. The van der Waals surface area contributed by atoms with E-state index >= 15 is 0 Å². The Balaban J connectivity index is 1.72. The third-order valence-electron chi connectivity index (χ3n) is 3.64. The van der Waals surface area contributed by atoms with Crippen LogP contribution < -0.4 is 0 Å². The smallest absolute Gasteiger partial charge is 0.195 e. The number of aliphatic hydroxyl groups is 1. The van der Waals surface area contributed by atoms with Crippen LogP contribution in [0.3, 0.4) is 0 Å². The summed E-state index contributed by atoms with van der Waals surface area (Å²) in [6.45, 7) is 4.28. The van der Waals surface area contributed by atoms with Gasteiger partial charge in [-0.15, -0.1) is 10.2 Å². The number of rotatable bonds is 8. The second-order valence-electron chi connectivity index (χ2n) is 6.13. The number of nitrogens with zero attached hydrogens (tertiary/aromatic N) is 3. The van der Waals surface area contributed by atoms with Gasteiger partial charge in [0.25, 0.3) is 0 Å². The maximum atomic E-state index is 10.0. The molecule has 0 bridgehead atoms. The van der Waals surface area contributed by atoms with Crippen molar-refractivity contribution in [3.8, 4) is 5.69 Å². The highest BCUT2D eigenvalue weighted by atomic mass is 32.2. The number of aliphatic hydroxyl groups excluding tert-OH is 1. The lowest BCUT2D eigenvalue weighted by atomic mass is 10.3. The number of benzene rings is 1. The first-order chi connectivity index (χ1) is 11.1. The van der Waals surface area contributed by atoms with E-state index in [0.717, 1.165) is 16.7 Å². The van der Waals surface area contributed by atoms with Crippen LogP contribution in [0.2, 0.25) is 0 Å². The fraction of sp³-hybridized carbons (Fsp3) is 0.529. The summed E-state index contributed by atoms with van der Waals surface area (Å²) in [6, 6.07) is 10.2. The number of hydrogen-bond donors (Lipinski definition) is 1. The zero-order chi connectivity index (χ0) is 16.2. The number of aromatic nitrogens is 3. The molecule has 124 valence electrons. The van der Waals surface area contributed by atoms with Gasteiger partial charge >= 0.3 is 0 Å². The van der Waals surface area contributed by atoms with Gasteiger partial charge in [0, 0.05) is 17.4 Å². The van der Waals surface area contributed by atoms with Crippen LogP contribution in [0.15, 0.2) is 35.5 Å². The Morgan fingerprint density at radius 2 is 2.00 bits per heavy atom. The average Bonchev–Trinajstić information content (AvgIpc) is 3.31. The van der Waals surface area contributed by atoms with Gasteiger partial charge in [-0.2, -0.15) is 0 Å². The molecule has 0 spiro atoms. The number of para-hydroxylation sites is 1. The van der Waals surface area contributed by atoms with Crippen molar-refractivity contribution in [2.75, 3.05) is 12.4 Å². The largest absolute Gasteiger partial charge is 0.390 e. The third-order valence-corrected chi connectivity index (χ3v) is 4.72. The van der Waals surface area contributed by atoms with Gasteiger partial charge in [0.05, 0.1) is 18.8 Å². The van der Waals surface area contributed by atoms with Crippen molar-refractivity contribution in [2.45, 2.75) is 50.0 Å². The summed E-state index contributed by atoms with van der Waals surface area (Å²) < 4.78 is 7.58. The molecule has 1 aliphatic rings. The molecule has 0 aliphatic heterocycles. The van der Waals surface area contributed by atoms with E-state index in [2.05, 4.69) is 26.9 Å². The van der Waals surface area contributed by atoms with Gasteiger partial charge in [0.2, 0.25) is 0 Å². The molecule has 1 fully saturated rings. The minimum atomic E-state index is -0.507. The van der Waals surface area contributed by atoms with E-state index in [0.29, 0.717) is 18.3 Å². The zero-order valence-electron chi connectivity index (χ0n) is 13.6. The van der Waals surface area contributed by atoms with E-state index in [9.17, 15) is 5.11 Å². The van der Waals surface area contributed by atoms with E-state index in [1.54, 1.807) is 0 Å². The minimum Gasteiger partial charge on any atom is -0.390 e. The van der Waals surface area contributed by atoms with Crippen LogP contribution in [-0.2, 0) is 4.74 Å². The Hall–Kier alpha value is -1.37. The molecule has 2 aromatic rings. The fourth-order valence-corrected chi connectivity index (χ4v) is 3.19. The van der Waals surface area contributed by atoms with Crippen molar-refractivity contribution in [2.24, 2.45) is 0 Å². The normalized spacial score (nSPS) is 16.0. The van der Waals surface area contributed by atoms with E-state index < -0.39 is 6.10 Å². The van der Waals surface area contributed by atoms with E-state index in [-0.39, 0.29) is 6.10 Å². The maximum absolute atomic E-state index is 10.0. The molecule has 1 aromatic carbocycles. The zero-order valence-corrected chi connectivity index (χ0v) is 14.4. The second kappa shape index (κ2) is 7.47. The summed E-state index contributed by atoms with van der Waals surface area (Å²) in [4.78, 5) is 0. The topological polar surface area (TPSA) is 60.2 Å². The molecule has 0 amide bonds. The molecule has 1 saturated carbocycles. The third kappa shape index (κ3) is 4.34. The standard InChI is InChI=1S/C17H23N3O2S/c1-12(2)22-10-15(21)11-23-17-19-18-16(13-8-9-13)20(17)14-6-4-3-5-7-14/h3-7,12-13,15,21H,8-11H2,1-2H3. The Kier molecular flexibility index (Phi) is 5.35. The Bertz CT molecular complexity index is 626. The second-order valence-corrected chi connectivity index (χ2v) is 7.12. The molecule has 0 saturated heterocycles. The SMILES string of the molecule is CC(C)OCC(O)CSc1nnc(C2CC2)n1-c1ccccc1. The molecule has 6 heteroatoms. The molecule has 0 radical (unpaired) electrons. The molecular formula is C17H23N3O2S. The van der Waals surface area contributed by atoms with Gasteiger partial charge in [-0.3, -0.25) is 4.57 Å². The van der Waals surface area contributed by atoms with Gasteiger partial charge in [0.15, 0.2) is 5.16 Å². The average molecular weight is 333 g/mol. The molecule has 1 N–H and O–H groups in total. The van der Waals surface area contributed by atoms with Crippen molar-refractivity contribution in [1.82, 2.24) is 14.8 Å². The van der Waals surface area contributed by atoms with Crippen molar-refractivity contribution >= 4 is 11.8 Å². The first kappa shape index (κ1) is 16.5. The Morgan fingerprint density at radius 3 is 2.65 bits per heavy atom. The predicted octanol–water partition coefficient (Wildman–Crippen LogP) is 3.02. The first-order valence-electron chi connectivity index (χ1n) is 8.08. The van der Waals surface area contributed by atoms with Gasteiger partial charge in [-0.25, -0.2) is 0 Å². The summed E-state index contributed by atoms with van der Waals surface area (Å²) >= 11 is 1.53. The highest BCUT2D eigenvalue weighted by molar-refractivity contribution is 7.99. The van der Waals surface area contributed by atoms with Crippen LogP contribution in [0.4, 0.5) is 0 Å². The summed E-state index contributed by atoms with van der Waals surface area (Å²) in [5.74, 6) is 2.10. The highest BCUT2D eigenvalue weighted by Gasteiger charge is 2.31. The van der Waals surface area contributed by atoms with Gasteiger partial charge in [-0.1, -0.05) is 30.0 Å². The summed E-state index contributed by atoms with van der Waals surface area (Å²) in [5.41, 5.74) is 1.08. The molecule has 5 nitrogen and oxygen atoms in total. The summed E-state index contributed by atoms with van der Waals surface area (Å²) in [5, 5.41) is 19.6. The maximum Gasteiger partial charge on any atom is 0.195 e. The van der Waals surface area contributed by atoms with Crippen LogP contribution in [0.5, 0.6) is 0 Å². The van der Waals surface area contributed by atoms with Crippen LogP contribution in [0, 0.1) is 0 Å². The number of hydrogen-bond acceptors (Lipinski definition) is 5. The molecule has 1 unspecified atom stereocenters. The van der Waals surface area contributed by atoms with Crippen molar-refractivity contribution < 1.29 is 9.84 Å². The van der Waals surface area contributed by atoms with Gasteiger partial charge < -0.3 is 9.84 Å². The predicted molar refractivity (Wildman–Crippen MR) is 91.2 cm³/mol. The van der Waals surface area contributed by atoms with Crippen LogP contribution in [0.1, 0.15) is 38.4 Å². The van der Waals surface area contributed by atoms with E-state index in [4.69, 9.17) is 4.74 Å². The van der Waals surface area contributed by atoms with Gasteiger partial charge in [-0.05, 0) is 38.8 Å². The lowest BCUT2D eigenvalue weighted by Gasteiger charge is -2.14. The van der Waals surface area contributed by atoms with Crippen LogP contribution in [-0.4, -0.2) is 44.4 Å². The Morgan fingerprint density at radius 1 is 1.26 bits per heavy atom. The molecule has 23 heavy (non-hydrogen) atoms. The molecule has 1 heterocycles. The summed E-state index contributed by atoms with van der Waals surface area (Å²) in [6.07, 6.45) is 1.98. The number of ether oxygens (including phenoxy) is 1. The molecular weight excluding hydrogens is 310 g/mol. The highest BCUT2D eigenvalue weighted by Crippen LogP contribution is 2.41. The lowest BCUT2D eigenvalue weighted by molar-refractivity contribution is 0.0152. The summed E-state index contributed by atoms with van der Waals surface area (Å²) in [7, 11) is 0. The van der Waals surface area contributed by atoms with Crippen LogP contribution >= 0.6 is 11.8 Å². The number of thioether (sulfide) groups is 1. The van der Waals surface area contributed by atoms with E-state index in [1.165, 1.54) is 24.6 Å². The van der Waals surface area contributed by atoms with Crippen LogP contribution in [0.25, 0.3) is 5.69 Å². The molecule has 3 rings (SSSR count). The molecule has 1 aromatic heterocycles. The molecule has 1 atom stereocenters. The Labute approximate surface area is 141 Å². The monoisotopic (exact) mass is 333 g/mol. The van der Waals surface area contributed by atoms with Gasteiger partial charge in [0.1, 0.15) is 5.82 Å². The minimum absolute atomic E-state index is 0.129. The lowest BCUT2D eigenvalue weighted by Crippen LogP contribution is -2.20. The van der Waals surface area contributed by atoms with Crippen molar-refractivity contribution in [1.29, 1.82) is 0 Å². The fourth-order valence-electron chi connectivity index (χ4n) is 2.32. The van der Waals surface area contributed by atoms with Crippen molar-refractivity contribution in [3.63, 3.8) is 0 Å². The first-order valence-corrected chi connectivity index (χ1v) is 9.07.